The minimum atomic E-state index is -1.02. The third-order valence-corrected chi connectivity index (χ3v) is 7.44. The number of nitrogens with zero attached hydrogens (tertiary/aromatic N) is 3. The Morgan fingerprint density at radius 2 is 1.65 bits per heavy atom. The van der Waals surface area contributed by atoms with Crippen LogP contribution in [0.25, 0.3) is 0 Å². The smallest absolute Gasteiger partial charge is 0.313 e. The number of rotatable bonds is 10. The van der Waals surface area contributed by atoms with Crippen LogP contribution in [0.4, 0.5) is 11.6 Å². The second kappa shape index (κ2) is 11.9. The van der Waals surface area contributed by atoms with Crippen LogP contribution in [0.15, 0.2) is 60.9 Å². The lowest BCUT2D eigenvalue weighted by atomic mass is 9.80. The van der Waals surface area contributed by atoms with Gasteiger partial charge in [-0.1, -0.05) is 36.4 Å². The van der Waals surface area contributed by atoms with Crippen LogP contribution in [0.1, 0.15) is 58.6 Å². The number of carboxylic acid groups (broad SMARTS) is 1. The first-order valence-corrected chi connectivity index (χ1v) is 13.6. The van der Waals surface area contributed by atoms with Crippen molar-refractivity contribution >= 4 is 23.5 Å². The molecular weight excluding hydrogens is 508 g/mol. The summed E-state index contributed by atoms with van der Waals surface area (Å²) in [5.41, 5.74) is -0.473. The number of benzene rings is 2. The summed E-state index contributed by atoms with van der Waals surface area (Å²) >= 11 is 0. The summed E-state index contributed by atoms with van der Waals surface area (Å²) in [6, 6.07) is 14.8. The lowest BCUT2D eigenvalue weighted by molar-refractivity contribution is -0.142. The summed E-state index contributed by atoms with van der Waals surface area (Å²) in [6.45, 7) is 10.9. The van der Waals surface area contributed by atoms with Crippen LogP contribution in [-0.4, -0.2) is 52.8 Å². The standard InChI is InChI=1S/C31H38N4O5/c1-6-39-24-11-7-8-12-25(24)40-23-10-9-17-35(20-23)27-19-32-18-26(33-27)34-28(36)30(2,3)21-13-15-22(16-14-21)31(4,5)29(37)38/h7-8,11-16,18-19,23H,6,9-10,17,20H2,1-5H3,(H,37,38)(H,33,34,36)/t23-/m1/s1. The van der Waals surface area contributed by atoms with E-state index in [1.165, 1.54) is 6.20 Å². The molecule has 1 fully saturated rings. The summed E-state index contributed by atoms with van der Waals surface area (Å²) in [4.78, 5) is 36.1. The van der Waals surface area contributed by atoms with E-state index in [0.29, 0.717) is 30.4 Å². The van der Waals surface area contributed by atoms with Gasteiger partial charge in [-0.15, -0.1) is 0 Å². The number of nitrogens with one attached hydrogen (secondary N) is 1. The number of piperidine rings is 1. The Hall–Kier alpha value is -4.14. The van der Waals surface area contributed by atoms with E-state index in [1.54, 1.807) is 44.3 Å². The van der Waals surface area contributed by atoms with E-state index in [9.17, 15) is 14.7 Å². The fourth-order valence-electron chi connectivity index (χ4n) is 4.64. The number of hydrogen-bond acceptors (Lipinski definition) is 7. The molecule has 2 heterocycles. The quantitative estimate of drug-likeness (QED) is 0.357. The monoisotopic (exact) mass is 546 g/mol. The number of aromatic nitrogens is 2. The van der Waals surface area contributed by atoms with Crippen molar-refractivity contribution in [1.29, 1.82) is 0 Å². The average molecular weight is 547 g/mol. The zero-order valence-corrected chi connectivity index (χ0v) is 23.8. The van der Waals surface area contributed by atoms with E-state index in [-0.39, 0.29) is 12.0 Å². The van der Waals surface area contributed by atoms with Gasteiger partial charge in [0.2, 0.25) is 5.91 Å². The fourth-order valence-corrected chi connectivity index (χ4v) is 4.64. The number of carboxylic acids is 1. The van der Waals surface area contributed by atoms with Gasteiger partial charge in [-0.3, -0.25) is 14.6 Å². The molecule has 0 radical (unpaired) electrons. The molecule has 0 aliphatic carbocycles. The number of carbonyl (C=O) groups excluding carboxylic acids is 1. The topological polar surface area (TPSA) is 114 Å². The highest BCUT2D eigenvalue weighted by Crippen LogP contribution is 2.31. The number of para-hydroxylation sites is 2. The van der Waals surface area contributed by atoms with Gasteiger partial charge in [0.1, 0.15) is 11.9 Å². The minimum absolute atomic E-state index is 0.0385. The van der Waals surface area contributed by atoms with Crippen LogP contribution < -0.4 is 19.7 Å². The van der Waals surface area contributed by atoms with E-state index in [0.717, 1.165) is 36.4 Å². The molecule has 1 amide bonds. The molecule has 1 aromatic heterocycles. The molecule has 3 aromatic rings. The Morgan fingerprint density at radius 1 is 1.00 bits per heavy atom. The zero-order valence-electron chi connectivity index (χ0n) is 23.8. The molecule has 9 heteroatoms. The number of hydrogen-bond donors (Lipinski definition) is 2. The number of carbonyl (C=O) groups is 2. The first-order valence-electron chi connectivity index (χ1n) is 13.6. The second-order valence-corrected chi connectivity index (χ2v) is 11.1. The van der Waals surface area contributed by atoms with Gasteiger partial charge in [-0.2, -0.15) is 0 Å². The van der Waals surface area contributed by atoms with Crippen LogP contribution in [-0.2, 0) is 20.4 Å². The number of amides is 1. The first kappa shape index (κ1) is 28.9. The highest BCUT2D eigenvalue weighted by molar-refractivity contribution is 5.98. The molecule has 1 aliphatic heterocycles. The molecule has 2 N–H and O–H groups in total. The van der Waals surface area contributed by atoms with Gasteiger partial charge in [0.15, 0.2) is 17.3 Å². The normalized spacial score (nSPS) is 15.8. The van der Waals surface area contributed by atoms with Gasteiger partial charge in [0.25, 0.3) is 0 Å². The number of anilines is 2. The fraction of sp³-hybridized carbons (Fsp3) is 0.419. The maximum absolute atomic E-state index is 13.3. The molecule has 2 aromatic carbocycles. The molecule has 0 unspecified atom stereocenters. The molecule has 0 spiro atoms. The van der Waals surface area contributed by atoms with Crippen molar-refractivity contribution in [3.05, 3.63) is 72.1 Å². The van der Waals surface area contributed by atoms with Gasteiger partial charge in [0, 0.05) is 6.54 Å². The van der Waals surface area contributed by atoms with Crippen molar-refractivity contribution < 1.29 is 24.2 Å². The molecule has 9 nitrogen and oxygen atoms in total. The predicted octanol–water partition coefficient (Wildman–Crippen LogP) is 5.20. The number of aliphatic carboxylic acids is 1. The molecule has 1 atom stereocenters. The summed E-state index contributed by atoms with van der Waals surface area (Å²) in [5, 5.41) is 12.4. The first-order chi connectivity index (χ1) is 19.0. The van der Waals surface area contributed by atoms with Crippen molar-refractivity contribution in [2.75, 3.05) is 29.9 Å². The molecule has 0 bridgehead atoms. The Kier molecular flexibility index (Phi) is 8.61. The summed E-state index contributed by atoms with van der Waals surface area (Å²) in [6.07, 6.45) is 5.04. The van der Waals surface area contributed by atoms with Crippen LogP contribution in [0.3, 0.4) is 0 Å². The molecule has 40 heavy (non-hydrogen) atoms. The van der Waals surface area contributed by atoms with Crippen LogP contribution in [0.2, 0.25) is 0 Å². The lowest BCUT2D eigenvalue weighted by Gasteiger charge is -2.34. The second-order valence-electron chi connectivity index (χ2n) is 11.1. The number of ether oxygens (including phenoxy) is 2. The Bertz CT molecular complexity index is 1340. The van der Waals surface area contributed by atoms with Gasteiger partial charge in [-0.05, 0) is 70.7 Å². The van der Waals surface area contributed by atoms with Crippen molar-refractivity contribution in [2.45, 2.75) is 64.4 Å². The van der Waals surface area contributed by atoms with E-state index < -0.39 is 16.8 Å². The van der Waals surface area contributed by atoms with E-state index in [4.69, 9.17) is 9.47 Å². The highest BCUT2D eigenvalue weighted by atomic mass is 16.5. The Morgan fingerprint density at radius 3 is 2.30 bits per heavy atom. The largest absolute Gasteiger partial charge is 0.490 e. The van der Waals surface area contributed by atoms with Gasteiger partial charge in [0.05, 0.1) is 36.4 Å². The molecule has 0 saturated carbocycles. The van der Waals surface area contributed by atoms with E-state index >= 15 is 0 Å². The Balaban J connectivity index is 1.43. The molecule has 1 aliphatic rings. The van der Waals surface area contributed by atoms with Crippen LogP contribution in [0.5, 0.6) is 11.5 Å². The third-order valence-electron chi connectivity index (χ3n) is 7.44. The van der Waals surface area contributed by atoms with Gasteiger partial charge < -0.3 is 24.8 Å². The van der Waals surface area contributed by atoms with E-state index in [2.05, 4.69) is 20.2 Å². The molecule has 1 saturated heterocycles. The summed E-state index contributed by atoms with van der Waals surface area (Å²) < 4.78 is 12.0. The summed E-state index contributed by atoms with van der Waals surface area (Å²) in [5.74, 6) is 1.35. The lowest BCUT2D eigenvalue weighted by Crippen LogP contribution is -2.42. The zero-order chi connectivity index (χ0) is 28.9. The van der Waals surface area contributed by atoms with Crippen molar-refractivity contribution in [3.63, 3.8) is 0 Å². The maximum Gasteiger partial charge on any atom is 0.313 e. The van der Waals surface area contributed by atoms with Crippen molar-refractivity contribution in [3.8, 4) is 11.5 Å². The van der Waals surface area contributed by atoms with Crippen LogP contribution in [0, 0.1) is 0 Å². The van der Waals surface area contributed by atoms with Crippen molar-refractivity contribution in [2.24, 2.45) is 0 Å². The molecule has 4 rings (SSSR count). The van der Waals surface area contributed by atoms with Gasteiger partial charge >= 0.3 is 5.97 Å². The SMILES string of the molecule is CCOc1ccccc1O[C@@H]1CCCN(c2cncc(NC(=O)C(C)(C)c3ccc(C(C)(C)C(=O)O)cc3)n2)C1. The third kappa shape index (κ3) is 6.35. The van der Waals surface area contributed by atoms with E-state index in [1.807, 2.05) is 45.0 Å². The predicted molar refractivity (Wildman–Crippen MR) is 154 cm³/mol. The van der Waals surface area contributed by atoms with Gasteiger partial charge in [-0.25, -0.2) is 4.98 Å². The maximum atomic E-state index is 13.3. The summed E-state index contributed by atoms with van der Waals surface area (Å²) in [7, 11) is 0. The van der Waals surface area contributed by atoms with Crippen LogP contribution >= 0.6 is 0 Å². The highest BCUT2D eigenvalue weighted by Gasteiger charge is 2.33. The molecular formula is C31H38N4O5. The minimum Gasteiger partial charge on any atom is -0.490 e. The van der Waals surface area contributed by atoms with Crippen molar-refractivity contribution in [1.82, 2.24) is 9.97 Å². The Labute approximate surface area is 235 Å². The molecule has 212 valence electrons. The average Bonchev–Trinajstić information content (AvgIpc) is 2.94.